The van der Waals surface area contributed by atoms with Crippen LogP contribution in [0, 0.1) is 0 Å². The Morgan fingerprint density at radius 2 is 1.97 bits per heavy atom. The minimum Gasteiger partial charge on any atom is -0.467 e. The number of hydrogen-bond donors (Lipinski definition) is 0. The Morgan fingerprint density at radius 3 is 2.66 bits per heavy atom. The van der Waals surface area contributed by atoms with E-state index >= 15 is 0 Å². The average molecular weight is 423 g/mol. The zero-order chi connectivity index (χ0) is 21.2. The Labute approximate surface area is 162 Å². The number of hydrogen-bond acceptors (Lipinski definition) is 3. The number of alkyl halides is 6. The van der Waals surface area contributed by atoms with Crippen molar-refractivity contribution in [2.75, 3.05) is 0 Å². The first-order chi connectivity index (χ1) is 13.5. The molecule has 0 spiro atoms. The molecule has 1 aromatic heterocycles. The highest BCUT2D eigenvalue weighted by atomic mass is 19.4. The van der Waals surface area contributed by atoms with Crippen LogP contribution in [-0.2, 0) is 11.3 Å². The molecule has 1 aromatic rings. The van der Waals surface area contributed by atoms with Gasteiger partial charge in [-0.25, -0.2) is 4.99 Å². The van der Waals surface area contributed by atoms with Crippen molar-refractivity contribution in [3.63, 3.8) is 0 Å². The lowest BCUT2D eigenvalue weighted by atomic mass is 10.1. The first-order valence-electron chi connectivity index (χ1n) is 9.07. The van der Waals surface area contributed by atoms with Crippen LogP contribution in [0.3, 0.4) is 0 Å². The van der Waals surface area contributed by atoms with Crippen molar-refractivity contribution in [1.29, 1.82) is 0 Å². The molecule has 0 radical (unpaired) electrons. The van der Waals surface area contributed by atoms with E-state index in [1.165, 1.54) is 11.1 Å². The number of rotatable bonds is 5. The normalized spacial score (nSPS) is 19.7. The Hall–Kier alpha value is -2.46. The average Bonchev–Trinajstić information content (AvgIpc) is 3.01. The Balaban J connectivity index is 1.59. The van der Waals surface area contributed by atoms with E-state index in [1.54, 1.807) is 23.0 Å². The predicted octanol–water partition coefficient (Wildman–Crippen LogP) is 4.88. The maximum atomic E-state index is 12.8. The molecule has 5 nitrogen and oxygen atoms in total. The van der Waals surface area contributed by atoms with Crippen molar-refractivity contribution in [3.05, 3.63) is 24.2 Å². The highest BCUT2D eigenvalue weighted by Crippen LogP contribution is 2.29. The van der Waals surface area contributed by atoms with Crippen molar-refractivity contribution >= 4 is 17.8 Å². The summed E-state index contributed by atoms with van der Waals surface area (Å²) in [5.41, 5.74) is -0.212. The minimum atomic E-state index is -4.47. The molecule has 0 aliphatic carbocycles. The van der Waals surface area contributed by atoms with Gasteiger partial charge in [-0.05, 0) is 19.3 Å². The first-order valence-corrected chi connectivity index (χ1v) is 9.07. The van der Waals surface area contributed by atoms with Crippen LogP contribution >= 0.6 is 0 Å². The fraction of sp³-hybridized carbons (Fsp3) is 0.556. The van der Waals surface area contributed by atoms with Crippen LogP contribution in [0.25, 0.3) is 6.20 Å². The molecule has 1 atom stereocenters. The fourth-order valence-corrected chi connectivity index (χ4v) is 3.17. The van der Waals surface area contributed by atoms with Crippen LogP contribution in [0.15, 0.2) is 23.5 Å². The lowest BCUT2D eigenvalue weighted by molar-refractivity contribution is -0.139. The van der Waals surface area contributed by atoms with E-state index in [-0.39, 0.29) is 25.8 Å². The van der Waals surface area contributed by atoms with E-state index < -0.39 is 36.6 Å². The van der Waals surface area contributed by atoms with Gasteiger partial charge in [0, 0.05) is 43.4 Å². The van der Waals surface area contributed by atoms with E-state index in [9.17, 15) is 31.1 Å². The summed E-state index contributed by atoms with van der Waals surface area (Å²) in [5, 5.41) is 0. The van der Waals surface area contributed by atoms with Gasteiger partial charge in [0.05, 0.1) is 12.7 Å². The van der Waals surface area contributed by atoms with E-state index in [2.05, 4.69) is 4.99 Å². The van der Waals surface area contributed by atoms with Crippen molar-refractivity contribution in [2.24, 2.45) is 4.99 Å². The topological polar surface area (TPSA) is 46.8 Å². The second-order valence-corrected chi connectivity index (χ2v) is 6.90. The Morgan fingerprint density at radius 1 is 1.21 bits per heavy atom. The maximum absolute atomic E-state index is 12.8. The van der Waals surface area contributed by atoms with Gasteiger partial charge in [-0.2, -0.15) is 26.3 Å². The number of aromatic nitrogens is 1. The molecule has 11 heteroatoms. The highest BCUT2D eigenvalue weighted by molar-refractivity contribution is 5.90. The van der Waals surface area contributed by atoms with Crippen molar-refractivity contribution in [3.8, 4) is 5.75 Å². The summed E-state index contributed by atoms with van der Waals surface area (Å²) in [6.45, 7) is 0.131. The molecule has 0 bridgehead atoms. The molecule has 2 aliphatic rings. The molecule has 160 valence electrons. The summed E-state index contributed by atoms with van der Waals surface area (Å²) in [4.78, 5) is 17.0. The molecule has 0 N–H and O–H groups in total. The summed E-state index contributed by atoms with van der Waals surface area (Å²) in [5.74, 6) is -0.125. The molecule has 2 aliphatic heterocycles. The van der Waals surface area contributed by atoms with Gasteiger partial charge in [-0.15, -0.1) is 0 Å². The van der Waals surface area contributed by atoms with Crippen LogP contribution < -0.4 is 4.74 Å². The lowest BCUT2D eigenvalue weighted by Crippen LogP contribution is -2.30. The van der Waals surface area contributed by atoms with E-state index in [1.807, 2.05) is 0 Å². The number of carbonyl (C=O) groups is 1. The van der Waals surface area contributed by atoms with Crippen molar-refractivity contribution in [2.45, 2.75) is 63.7 Å². The number of amides is 1. The number of aliphatic imine (C=N–C) groups is 1. The van der Waals surface area contributed by atoms with Crippen LogP contribution in [0.2, 0.25) is 0 Å². The molecule has 0 saturated carbocycles. The summed E-state index contributed by atoms with van der Waals surface area (Å²) in [6.07, 6.45) is -6.15. The number of ether oxygens (including phenoxy) is 1. The molecule has 0 saturated heterocycles. The molecule has 1 amide bonds. The van der Waals surface area contributed by atoms with Gasteiger partial charge in [0.15, 0.2) is 6.23 Å². The van der Waals surface area contributed by atoms with Gasteiger partial charge in [0.2, 0.25) is 5.91 Å². The zero-order valence-corrected chi connectivity index (χ0v) is 15.3. The minimum absolute atomic E-state index is 0.131. The molecule has 0 fully saturated rings. The fourth-order valence-electron chi connectivity index (χ4n) is 3.17. The molecular weight excluding hydrogens is 404 g/mol. The van der Waals surface area contributed by atoms with Gasteiger partial charge < -0.3 is 14.2 Å². The first kappa shape index (κ1) is 21.3. The highest BCUT2D eigenvalue weighted by Gasteiger charge is 2.37. The molecule has 0 aromatic carbocycles. The van der Waals surface area contributed by atoms with Gasteiger partial charge in [-0.1, -0.05) is 0 Å². The van der Waals surface area contributed by atoms with Gasteiger partial charge in [0.1, 0.15) is 11.5 Å². The zero-order valence-electron chi connectivity index (χ0n) is 15.3. The number of fused-ring (bicyclic) bond motifs is 1. The monoisotopic (exact) mass is 423 g/mol. The van der Waals surface area contributed by atoms with E-state index in [0.717, 1.165) is 0 Å². The standard InChI is InChI=1S/C18H19F6N3O2/c19-17(20,21)6-2-5-16(28)27-8-7-26-11-13(9-12(26)10-27)29-15-4-1-3-14(25-15)18(22,23)24/h7-9,11,15H,1-6,10H2. The van der Waals surface area contributed by atoms with Crippen LogP contribution in [0.1, 0.15) is 44.2 Å². The van der Waals surface area contributed by atoms with Crippen LogP contribution in [0.5, 0.6) is 5.75 Å². The molecule has 3 heterocycles. The number of halogens is 6. The van der Waals surface area contributed by atoms with Gasteiger partial charge >= 0.3 is 12.4 Å². The summed E-state index contributed by atoms with van der Waals surface area (Å²) < 4.78 is 82.2. The van der Waals surface area contributed by atoms with E-state index in [0.29, 0.717) is 24.3 Å². The van der Waals surface area contributed by atoms with Gasteiger partial charge in [-0.3, -0.25) is 4.79 Å². The molecular formula is C18H19F6N3O2. The van der Waals surface area contributed by atoms with Gasteiger partial charge in [0.25, 0.3) is 0 Å². The Kier molecular flexibility index (Phi) is 5.95. The molecule has 3 rings (SSSR count). The SMILES string of the molecule is O=C(CCCC(F)(F)F)N1C=Cn2cc(OC3CCCC(C(F)(F)F)=N3)cc2C1. The maximum Gasteiger partial charge on any atom is 0.429 e. The number of carbonyl (C=O) groups excluding carboxylic acids is 1. The molecule has 29 heavy (non-hydrogen) atoms. The quantitative estimate of drug-likeness (QED) is 0.634. The Bertz CT molecular complexity index is 809. The lowest BCUT2D eigenvalue weighted by Gasteiger charge is -2.22. The largest absolute Gasteiger partial charge is 0.467 e. The third-order valence-electron chi connectivity index (χ3n) is 4.58. The summed E-state index contributed by atoms with van der Waals surface area (Å²) in [7, 11) is 0. The smallest absolute Gasteiger partial charge is 0.429 e. The molecule has 1 unspecified atom stereocenters. The van der Waals surface area contributed by atoms with Crippen LogP contribution in [0.4, 0.5) is 26.3 Å². The summed E-state index contributed by atoms with van der Waals surface area (Å²) >= 11 is 0. The third kappa shape index (κ3) is 5.77. The van der Waals surface area contributed by atoms with Crippen molar-refractivity contribution < 1.29 is 35.9 Å². The number of nitrogens with zero attached hydrogens (tertiary/aromatic N) is 3. The summed E-state index contributed by atoms with van der Waals surface area (Å²) in [6, 6.07) is 1.58. The predicted molar refractivity (Wildman–Crippen MR) is 92.0 cm³/mol. The second kappa shape index (κ2) is 8.11. The van der Waals surface area contributed by atoms with Crippen LogP contribution in [-0.4, -0.2) is 39.7 Å². The van der Waals surface area contributed by atoms with E-state index in [4.69, 9.17) is 4.74 Å². The second-order valence-electron chi connectivity index (χ2n) is 6.90. The third-order valence-corrected chi connectivity index (χ3v) is 4.58. The van der Waals surface area contributed by atoms with Crippen molar-refractivity contribution in [1.82, 2.24) is 9.47 Å².